The van der Waals surface area contributed by atoms with Gasteiger partial charge in [0.15, 0.2) is 0 Å². The molecule has 1 N–H and O–H groups in total. The Bertz CT molecular complexity index is 822. The summed E-state index contributed by atoms with van der Waals surface area (Å²) in [6.07, 6.45) is 0. The van der Waals surface area contributed by atoms with Crippen LogP contribution in [0.25, 0.3) is 21.9 Å². The number of hydrogen-bond donors (Lipinski definition) is 1. The first-order valence-corrected chi connectivity index (χ1v) is 6.59. The third kappa shape index (κ3) is 2.46. The van der Waals surface area contributed by atoms with Crippen LogP contribution in [0.5, 0.6) is 5.75 Å². The molecular weight excluding hydrogens is 264 g/mol. The fraction of sp³-hybridized carbons (Fsp3) is 0.0556. The Morgan fingerprint density at radius 1 is 0.952 bits per heavy atom. The molecule has 0 atom stereocenters. The van der Waals surface area contributed by atoms with Crippen LogP contribution in [0.15, 0.2) is 60.7 Å². The number of ether oxygens (including phenoxy) is 1. The van der Waals surface area contributed by atoms with Gasteiger partial charge in [0.1, 0.15) is 5.75 Å². The fourth-order valence-corrected chi connectivity index (χ4v) is 2.44. The molecule has 0 aliphatic heterocycles. The van der Waals surface area contributed by atoms with Gasteiger partial charge in [-0.1, -0.05) is 36.4 Å². The average Bonchev–Trinajstić information content (AvgIpc) is 2.53. The van der Waals surface area contributed by atoms with Gasteiger partial charge >= 0.3 is 5.97 Å². The predicted molar refractivity (Wildman–Crippen MR) is 82.9 cm³/mol. The molecular formula is C18H14O3. The summed E-state index contributed by atoms with van der Waals surface area (Å²) in [4.78, 5) is 11.3. The molecule has 104 valence electrons. The Hall–Kier alpha value is -2.81. The van der Waals surface area contributed by atoms with Crippen LogP contribution in [0, 0.1) is 0 Å². The second-order valence-electron chi connectivity index (χ2n) is 4.78. The maximum Gasteiger partial charge on any atom is 0.336 e. The number of aromatic carboxylic acids is 1. The van der Waals surface area contributed by atoms with E-state index in [0.717, 1.165) is 27.6 Å². The summed E-state index contributed by atoms with van der Waals surface area (Å²) in [7, 11) is 1.64. The molecule has 0 saturated carbocycles. The Balaban J connectivity index is 2.16. The second kappa shape index (κ2) is 5.29. The SMILES string of the molecule is COc1ccc2cc(-c3ccccc3C(=O)O)ccc2c1. The number of methoxy groups -OCH3 is 1. The summed E-state index contributed by atoms with van der Waals surface area (Å²) >= 11 is 0. The van der Waals surface area contributed by atoms with E-state index < -0.39 is 5.97 Å². The van der Waals surface area contributed by atoms with Crippen molar-refractivity contribution in [1.82, 2.24) is 0 Å². The van der Waals surface area contributed by atoms with Crippen LogP contribution in [0.2, 0.25) is 0 Å². The Morgan fingerprint density at radius 2 is 1.67 bits per heavy atom. The lowest BCUT2D eigenvalue weighted by Gasteiger charge is -2.08. The van der Waals surface area contributed by atoms with Gasteiger partial charge < -0.3 is 9.84 Å². The maximum atomic E-state index is 11.3. The Labute approximate surface area is 122 Å². The van der Waals surface area contributed by atoms with Crippen LogP contribution < -0.4 is 4.74 Å². The van der Waals surface area contributed by atoms with Gasteiger partial charge in [-0.15, -0.1) is 0 Å². The van der Waals surface area contributed by atoms with Gasteiger partial charge in [0.25, 0.3) is 0 Å². The highest BCUT2D eigenvalue weighted by Crippen LogP contribution is 2.29. The van der Waals surface area contributed by atoms with Crippen molar-refractivity contribution in [3.05, 3.63) is 66.2 Å². The zero-order valence-electron chi connectivity index (χ0n) is 11.5. The van der Waals surface area contributed by atoms with Crippen molar-refractivity contribution >= 4 is 16.7 Å². The van der Waals surface area contributed by atoms with Crippen LogP contribution in [0.1, 0.15) is 10.4 Å². The van der Waals surface area contributed by atoms with Gasteiger partial charge in [0, 0.05) is 0 Å². The first-order valence-electron chi connectivity index (χ1n) is 6.59. The number of benzene rings is 3. The molecule has 0 heterocycles. The number of carboxylic acid groups (broad SMARTS) is 1. The quantitative estimate of drug-likeness (QED) is 0.780. The van der Waals surface area contributed by atoms with Crippen molar-refractivity contribution < 1.29 is 14.6 Å². The number of carboxylic acids is 1. The van der Waals surface area contributed by atoms with E-state index in [-0.39, 0.29) is 0 Å². The van der Waals surface area contributed by atoms with Gasteiger partial charge in [-0.3, -0.25) is 0 Å². The van der Waals surface area contributed by atoms with E-state index in [1.165, 1.54) is 0 Å². The summed E-state index contributed by atoms with van der Waals surface area (Å²) in [5, 5.41) is 11.4. The van der Waals surface area contributed by atoms with E-state index in [1.807, 2.05) is 48.5 Å². The summed E-state index contributed by atoms with van der Waals surface area (Å²) in [6.45, 7) is 0. The van der Waals surface area contributed by atoms with Gasteiger partial charge in [0.05, 0.1) is 12.7 Å². The van der Waals surface area contributed by atoms with Crippen molar-refractivity contribution in [3.63, 3.8) is 0 Å². The number of fused-ring (bicyclic) bond motifs is 1. The molecule has 0 unspecified atom stereocenters. The minimum absolute atomic E-state index is 0.311. The Morgan fingerprint density at radius 3 is 2.43 bits per heavy atom. The van der Waals surface area contributed by atoms with Crippen molar-refractivity contribution in [1.29, 1.82) is 0 Å². The molecule has 0 aliphatic rings. The minimum Gasteiger partial charge on any atom is -0.497 e. The van der Waals surface area contributed by atoms with Crippen molar-refractivity contribution in [2.45, 2.75) is 0 Å². The van der Waals surface area contributed by atoms with Gasteiger partial charge in [-0.25, -0.2) is 4.79 Å². The van der Waals surface area contributed by atoms with E-state index in [0.29, 0.717) is 5.56 Å². The third-order valence-electron chi connectivity index (χ3n) is 3.52. The number of carbonyl (C=O) groups is 1. The van der Waals surface area contributed by atoms with Crippen LogP contribution >= 0.6 is 0 Å². The lowest BCUT2D eigenvalue weighted by atomic mass is 9.97. The standard InChI is InChI=1S/C18H14O3/c1-21-15-9-8-12-10-14(7-6-13(12)11-15)16-4-2-3-5-17(16)18(19)20/h2-11H,1H3,(H,19,20). The molecule has 0 amide bonds. The van der Waals surface area contributed by atoms with Crippen LogP contribution in [-0.4, -0.2) is 18.2 Å². The highest BCUT2D eigenvalue weighted by Gasteiger charge is 2.11. The first kappa shape index (κ1) is 13.2. The Kier molecular flexibility index (Phi) is 3.32. The molecule has 0 fully saturated rings. The first-order chi connectivity index (χ1) is 10.2. The van der Waals surface area contributed by atoms with Gasteiger partial charge in [-0.05, 0) is 46.2 Å². The van der Waals surface area contributed by atoms with Gasteiger partial charge in [-0.2, -0.15) is 0 Å². The molecule has 3 aromatic rings. The lowest BCUT2D eigenvalue weighted by Crippen LogP contribution is -1.98. The fourth-order valence-electron chi connectivity index (χ4n) is 2.44. The highest BCUT2D eigenvalue weighted by atomic mass is 16.5. The van der Waals surface area contributed by atoms with Crippen molar-refractivity contribution in [3.8, 4) is 16.9 Å². The average molecular weight is 278 g/mol. The van der Waals surface area contributed by atoms with E-state index in [9.17, 15) is 9.90 Å². The smallest absolute Gasteiger partial charge is 0.336 e. The number of hydrogen-bond acceptors (Lipinski definition) is 2. The van der Waals surface area contributed by atoms with E-state index in [1.54, 1.807) is 19.2 Å². The lowest BCUT2D eigenvalue weighted by molar-refractivity contribution is 0.0697. The van der Waals surface area contributed by atoms with Gasteiger partial charge in [0.2, 0.25) is 0 Å². The zero-order valence-corrected chi connectivity index (χ0v) is 11.5. The summed E-state index contributed by atoms with van der Waals surface area (Å²) < 4.78 is 5.21. The zero-order chi connectivity index (χ0) is 14.8. The molecule has 3 aromatic carbocycles. The molecule has 3 heteroatoms. The third-order valence-corrected chi connectivity index (χ3v) is 3.52. The molecule has 0 radical (unpaired) electrons. The number of rotatable bonds is 3. The molecule has 3 rings (SSSR count). The van der Waals surface area contributed by atoms with Crippen LogP contribution in [0.4, 0.5) is 0 Å². The van der Waals surface area contributed by atoms with E-state index >= 15 is 0 Å². The van der Waals surface area contributed by atoms with Crippen molar-refractivity contribution in [2.75, 3.05) is 7.11 Å². The van der Waals surface area contributed by atoms with Crippen LogP contribution in [-0.2, 0) is 0 Å². The predicted octanol–water partition coefficient (Wildman–Crippen LogP) is 4.21. The molecule has 0 aromatic heterocycles. The van der Waals surface area contributed by atoms with Crippen LogP contribution in [0.3, 0.4) is 0 Å². The molecule has 21 heavy (non-hydrogen) atoms. The minimum atomic E-state index is -0.916. The summed E-state index contributed by atoms with van der Waals surface area (Å²) in [5.74, 6) is -0.110. The van der Waals surface area contributed by atoms with E-state index in [2.05, 4.69) is 0 Å². The van der Waals surface area contributed by atoms with Crippen molar-refractivity contribution in [2.24, 2.45) is 0 Å². The topological polar surface area (TPSA) is 46.5 Å². The maximum absolute atomic E-state index is 11.3. The normalized spacial score (nSPS) is 10.5. The molecule has 0 bridgehead atoms. The summed E-state index contributed by atoms with van der Waals surface area (Å²) in [5.41, 5.74) is 1.93. The monoisotopic (exact) mass is 278 g/mol. The molecule has 0 saturated heterocycles. The molecule has 3 nitrogen and oxygen atoms in total. The van der Waals surface area contributed by atoms with E-state index in [4.69, 9.17) is 4.74 Å². The molecule has 0 spiro atoms. The summed E-state index contributed by atoms with van der Waals surface area (Å²) in [6, 6.07) is 18.8. The highest BCUT2D eigenvalue weighted by molar-refractivity contribution is 5.98. The largest absolute Gasteiger partial charge is 0.497 e. The second-order valence-corrected chi connectivity index (χ2v) is 4.78. The molecule has 0 aliphatic carbocycles.